The van der Waals surface area contributed by atoms with Crippen LogP contribution in [-0.4, -0.2) is 35.3 Å². The number of thioether (sulfide) groups is 1. The molecular formula is C26H23NO4S2. The summed E-state index contributed by atoms with van der Waals surface area (Å²) < 4.78 is 0. The van der Waals surface area contributed by atoms with Gasteiger partial charge in [-0.25, -0.2) is 4.79 Å². The van der Waals surface area contributed by atoms with E-state index in [0.717, 1.165) is 9.79 Å². The molecule has 0 radical (unpaired) electrons. The van der Waals surface area contributed by atoms with Gasteiger partial charge in [-0.1, -0.05) is 47.2 Å². The molecule has 33 heavy (non-hydrogen) atoms. The van der Waals surface area contributed by atoms with Crippen LogP contribution in [-0.2, 0) is 9.63 Å². The topological polar surface area (TPSA) is 72.8 Å². The van der Waals surface area contributed by atoms with Crippen molar-refractivity contribution < 1.29 is 19.2 Å². The van der Waals surface area contributed by atoms with E-state index in [1.165, 1.54) is 18.7 Å². The smallest absolute Gasteiger partial charge is 0.318 e. The lowest BCUT2D eigenvalue weighted by atomic mass is 10.0. The van der Waals surface area contributed by atoms with E-state index in [1.54, 1.807) is 36.0 Å². The molecule has 3 aromatic carbocycles. The molecule has 0 aromatic heterocycles. The number of Topliss-reactive ketones (excluding diaryl/α,β-unsaturated/α-hetero) is 1. The molecule has 0 aliphatic carbocycles. The minimum atomic E-state index is -0.562. The van der Waals surface area contributed by atoms with Crippen LogP contribution < -0.4 is 0 Å². The zero-order valence-corrected chi connectivity index (χ0v) is 19.9. The maximum atomic E-state index is 12.8. The van der Waals surface area contributed by atoms with E-state index < -0.39 is 5.97 Å². The van der Waals surface area contributed by atoms with Crippen molar-refractivity contribution in [3.8, 4) is 0 Å². The van der Waals surface area contributed by atoms with Crippen molar-refractivity contribution in [3.05, 3.63) is 95.6 Å². The largest absolute Gasteiger partial charge is 0.331 e. The lowest BCUT2D eigenvalue weighted by molar-refractivity contribution is -0.140. The summed E-state index contributed by atoms with van der Waals surface area (Å²) in [6.45, 7) is 1.25. The predicted octanol–water partition coefficient (Wildman–Crippen LogP) is 5.92. The molecule has 0 heterocycles. The molecule has 0 bridgehead atoms. The number of hydrogen-bond donors (Lipinski definition) is 0. The zero-order chi connectivity index (χ0) is 23.6. The monoisotopic (exact) mass is 477 g/mol. The van der Waals surface area contributed by atoms with Gasteiger partial charge in [0.05, 0.1) is 0 Å². The number of benzene rings is 3. The third-order valence-electron chi connectivity index (χ3n) is 4.59. The SMILES string of the molecule is CSCCC(=NOC(C)=O)C(=O)c1ccc(Sc2ccc(C(=O)c3ccccc3)cc2)cc1. The Morgan fingerprint density at radius 3 is 1.88 bits per heavy atom. The standard InChI is InChI=1S/C26H23NO4S2/c1-18(28)31-27-24(16-17-32-2)26(30)21-10-14-23(15-11-21)33-22-12-8-20(9-13-22)25(29)19-6-4-3-5-7-19/h3-15H,16-17H2,1-2H3. The van der Waals surface area contributed by atoms with E-state index in [9.17, 15) is 14.4 Å². The first kappa shape index (κ1) is 24.5. The van der Waals surface area contributed by atoms with Crippen LogP contribution in [0.2, 0.25) is 0 Å². The summed E-state index contributed by atoms with van der Waals surface area (Å²) in [5.74, 6) is -0.135. The Hall–Kier alpha value is -3.16. The van der Waals surface area contributed by atoms with Crippen molar-refractivity contribution in [1.29, 1.82) is 0 Å². The average Bonchev–Trinajstić information content (AvgIpc) is 2.84. The van der Waals surface area contributed by atoms with Gasteiger partial charge in [0.15, 0.2) is 5.78 Å². The molecule has 0 aliphatic heterocycles. The molecule has 0 unspecified atom stereocenters. The van der Waals surface area contributed by atoms with Gasteiger partial charge < -0.3 is 4.84 Å². The Morgan fingerprint density at radius 1 is 0.788 bits per heavy atom. The van der Waals surface area contributed by atoms with Crippen molar-refractivity contribution in [2.45, 2.75) is 23.1 Å². The normalized spacial score (nSPS) is 11.2. The summed E-state index contributed by atoms with van der Waals surface area (Å²) in [6.07, 6.45) is 2.35. The molecule has 5 nitrogen and oxygen atoms in total. The second kappa shape index (κ2) is 12.2. The summed E-state index contributed by atoms with van der Waals surface area (Å²) in [7, 11) is 0. The minimum absolute atomic E-state index is 0.0114. The van der Waals surface area contributed by atoms with Gasteiger partial charge >= 0.3 is 5.97 Å². The first-order valence-electron chi connectivity index (χ1n) is 10.2. The van der Waals surface area contributed by atoms with Crippen LogP contribution in [0.3, 0.4) is 0 Å². The van der Waals surface area contributed by atoms with Crippen molar-refractivity contribution in [3.63, 3.8) is 0 Å². The van der Waals surface area contributed by atoms with E-state index in [4.69, 9.17) is 4.84 Å². The number of hydrogen-bond acceptors (Lipinski definition) is 7. The van der Waals surface area contributed by atoms with E-state index in [2.05, 4.69) is 5.16 Å². The Morgan fingerprint density at radius 2 is 1.33 bits per heavy atom. The highest BCUT2D eigenvalue weighted by atomic mass is 32.2. The highest BCUT2D eigenvalue weighted by molar-refractivity contribution is 7.99. The van der Waals surface area contributed by atoms with E-state index in [0.29, 0.717) is 28.9 Å². The van der Waals surface area contributed by atoms with Crippen LogP contribution in [0.5, 0.6) is 0 Å². The van der Waals surface area contributed by atoms with Gasteiger partial charge in [-0.3, -0.25) is 9.59 Å². The number of nitrogens with zero attached hydrogens (tertiary/aromatic N) is 1. The van der Waals surface area contributed by atoms with Crippen molar-refractivity contribution >= 4 is 46.8 Å². The molecule has 0 amide bonds. The summed E-state index contributed by atoms with van der Waals surface area (Å²) in [5, 5.41) is 3.74. The van der Waals surface area contributed by atoms with E-state index >= 15 is 0 Å². The third-order valence-corrected chi connectivity index (χ3v) is 6.22. The highest BCUT2D eigenvalue weighted by Gasteiger charge is 2.16. The lowest BCUT2D eigenvalue weighted by Gasteiger charge is -2.07. The summed E-state index contributed by atoms with van der Waals surface area (Å²) in [6, 6.07) is 23.8. The van der Waals surface area contributed by atoms with Crippen LogP contribution in [0.1, 0.15) is 39.6 Å². The fourth-order valence-corrected chi connectivity index (χ4v) is 4.14. The van der Waals surface area contributed by atoms with Gasteiger partial charge in [0.25, 0.3) is 0 Å². The number of oxime groups is 1. The molecule has 0 N–H and O–H groups in total. The lowest BCUT2D eigenvalue weighted by Crippen LogP contribution is -2.16. The second-order valence-corrected chi connectivity index (χ2v) is 9.17. The summed E-state index contributed by atoms with van der Waals surface area (Å²) in [5.41, 5.74) is 2.00. The minimum Gasteiger partial charge on any atom is -0.318 e. The molecular weight excluding hydrogens is 454 g/mol. The average molecular weight is 478 g/mol. The first-order valence-corrected chi connectivity index (χ1v) is 12.4. The molecule has 0 atom stereocenters. The molecule has 0 aliphatic rings. The molecule has 3 aromatic rings. The van der Waals surface area contributed by atoms with Gasteiger partial charge in [-0.2, -0.15) is 11.8 Å². The highest BCUT2D eigenvalue weighted by Crippen LogP contribution is 2.28. The van der Waals surface area contributed by atoms with Crippen molar-refractivity contribution in [2.24, 2.45) is 5.16 Å². The van der Waals surface area contributed by atoms with E-state index in [1.807, 2.05) is 60.9 Å². The third kappa shape index (κ3) is 7.17. The Kier molecular flexibility index (Phi) is 9.04. The van der Waals surface area contributed by atoms with E-state index in [-0.39, 0.29) is 17.3 Å². The molecule has 3 rings (SSSR count). The number of carbonyl (C=O) groups excluding carboxylic acids is 3. The molecule has 0 saturated heterocycles. The van der Waals surface area contributed by atoms with Gasteiger partial charge in [-0.15, -0.1) is 0 Å². The Balaban J connectivity index is 1.67. The van der Waals surface area contributed by atoms with Crippen LogP contribution in [0.15, 0.2) is 93.8 Å². The summed E-state index contributed by atoms with van der Waals surface area (Å²) >= 11 is 3.12. The molecule has 0 fully saturated rings. The predicted molar refractivity (Wildman–Crippen MR) is 133 cm³/mol. The molecule has 168 valence electrons. The Bertz CT molecular complexity index is 1140. The van der Waals surface area contributed by atoms with Crippen molar-refractivity contribution in [1.82, 2.24) is 0 Å². The number of rotatable bonds is 10. The Labute approximate surface area is 201 Å². The van der Waals surface area contributed by atoms with Crippen molar-refractivity contribution in [2.75, 3.05) is 12.0 Å². The second-order valence-electron chi connectivity index (χ2n) is 7.04. The van der Waals surface area contributed by atoms with Gasteiger partial charge in [-0.05, 0) is 60.5 Å². The molecule has 7 heteroatoms. The zero-order valence-electron chi connectivity index (χ0n) is 18.3. The van der Waals surface area contributed by atoms with Gasteiger partial charge in [0.1, 0.15) is 5.71 Å². The molecule has 0 spiro atoms. The van der Waals surface area contributed by atoms with Crippen LogP contribution in [0.4, 0.5) is 0 Å². The maximum absolute atomic E-state index is 12.8. The molecule has 0 saturated carbocycles. The number of ketones is 2. The van der Waals surface area contributed by atoms with Crippen LogP contribution in [0, 0.1) is 0 Å². The quantitative estimate of drug-likeness (QED) is 0.156. The first-order chi connectivity index (χ1) is 16.0. The van der Waals surface area contributed by atoms with Gasteiger partial charge in [0.2, 0.25) is 5.78 Å². The number of carbonyl (C=O) groups is 3. The van der Waals surface area contributed by atoms with Crippen LogP contribution >= 0.6 is 23.5 Å². The van der Waals surface area contributed by atoms with Gasteiger partial charge in [0, 0.05) is 39.8 Å². The fraction of sp³-hybridized carbons (Fsp3) is 0.154. The summed E-state index contributed by atoms with van der Waals surface area (Å²) in [4.78, 5) is 43.0. The fourth-order valence-electron chi connectivity index (χ4n) is 2.93. The maximum Gasteiger partial charge on any atom is 0.331 e. The van der Waals surface area contributed by atoms with Crippen LogP contribution in [0.25, 0.3) is 0 Å².